The summed E-state index contributed by atoms with van der Waals surface area (Å²) in [7, 11) is 0. The van der Waals surface area contributed by atoms with Crippen molar-refractivity contribution in [3.05, 3.63) is 40.3 Å². The summed E-state index contributed by atoms with van der Waals surface area (Å²) in [5, 5.41) is 0. The highest BCUT2D eigenvalue weighted by Crippen LogP contribution is 2.47. The molecule has 1 aromatic carbocycles. The first kappa shape index (κ1) is 22.3. The molecular weight excluding hydrogens is 426 g/mol. The van der Waals surface area contributed by atoms with Gasteiger partial charge in [0, 0.05) is 24.2 Å². The first-order valence-electron chi connectivity index (χ1n) is 13.6. The van der Waals surface area contributed by atoms with Crippen LogP contribution in [0.15, 0.2) is 29.1 Å². The van der Waals surface area contributed by atoms with Crippen LogP contribution in [0.25, 0.3) is 11.0 Å². The highest BCUT2D eigenvalue weighted by Gasteiger charge is 2.45. The molecule has 1 aromatic heterocycles. The Kier molecular flexibility index (Phi) is 5.96. The van der Waals surface area contributed by atoms with Gasteiger partial charge in [0.2, 0.25) is 5.69 Å². The molecule has 3 heterocycles. The summed E-state index contributed by atoms with van der Waals surface area (Å²) >= 11 is 0. The third kappa shape index (κ3) is 3.88. The zero-order valence-corrected chi connectivity index (χ0v) is 20.3. The van der Waals surface area contributed by atoms with Gasteiger partial charge in [-0.15, -0.1) is 0 Å². The maximum absolute atomic E-state index is 13.6. The van der Waals surface area contributed by atoms with E-state index in [1.165, 1.54) is 57.8 Å². The number of hydrogen-bond acceptors (Lipinski definition) is 5. The molecule has 0 radical (unpaired) electrons. The Balaban J connectivity index is 1.34. The van der Waals surface area contributed by atoms with E-state index in [0.29, 0.717) is 17.6 Å². The van der Waals surface area contributed by atoms with Gasteiger partial charge in [-0.25, -0.2) is 9.78 Å². The molecule has 0 amide bonds. The number of ether oxygens (including phenoxy) is 1. The van der Waals surface area contributed by atoms with Gasteiger partial charge in [0.25, 0.3) is 5.56 Å². The van der Waals surface area contributed by atoms with Crippen molar-refractivity contribution in [3.8, 4) is 0 Å². The quantitative estimate of drug-likeness (QED) is 0.590. The second-order valence-electron chi connectivity index (χ2n) is 11.2. The molecule has 6 rings (SSSR count). The minimum atomic E-state index is -0.613. The van der Waals surface area contributed by atoms with Crippen LogP contribution in [0.3, 0.4) is 0 Å². The monoisotopic (exact) mass is 463 g/mol. The molecule has 4 aliphatic rings. The predicted octanol–water partition coefficient (Wildman–Crippen LogP) is 5.10. The number of piperidine rings is 2. The van der Waals surface area contributed by atoms with E-state index >= 15 is 0 Å². The van der Waals surface area contributed by atoms with Crippen molar-refractivity contribution in [3.63, 3.8) is 0 Å². The van der Waals surface area contributed by atoms with Crippen LogP contribution < -0.4 is 5.56 Å². The SMILES string of the molecule is CCOC(=O)c1nc2ccccc2n([C@H]2C[C@H]3CCC[C@@H](C2)N3[C@@H]2C[C@@H]3CCC[C@@H](C3)C2)c1=O. The van der Waals surface area contributed by atoms with Crippen LogP contribution in [0.2, 0.25) is 0 Å². The van der Waals surface area contributed by atoms with Crippen LogP contribution in [0.5, 0.6) is 0 Å². The second-order valence-corrected chi connectivity index (χ2v) is 11.2. The van der Waals surface area contributed by atoms with E-state index in [0.717, 1.165) is 36.2 Å². The minimum absolute atomic E-state index is 0.0757. The van der Waals surface area contributed by atoms with Crippen molar-refractivity contribution < 1.29 is 9.53 Å². The van der Waals surface area contributed by atoms with Crippen molar-refractivity contribution in [2.24, 2.45) is 11.8 Å². The number of benzene rings is 1. The summed E-state index contributed by atoms with van der Waals surface area (Å²) in [6, 6.07) is 9.63. The van der Waals surface area contributed by atoms with E-state index in [1.807, 2.05) is 28.8 Å². The van der Waals surface area contributed by atoms with Crippen LogP contribution in [-0.2, 0) is 4.74 Å². The fourth-order valence-corrected chi connectivity index (χ4v) is 7.98. The summed E-state index contributed by atoms with van der Waals surface area (Å²) in [6.45, 7) is 1.99. The summed E-state index contributed by atoms with van der Waals surface area (Å²) in [5.74, 6) is 1.24. The van der Waals surface area contributed by atoms with Gasteiger partial charge >= 0.3 is 5.97 Å². The summed E-state index contributed by atoms with van der Waals surface area (Å²) in [4.78, 5) is 33.5. The van der Waals surface area contributed by atoms with E-state index in [1.54, 1.807) is 6.92 Å². The van der Waals surface area contributed by atoms with Crippen molar-refractivity contribution in [2.75, 3.05) is 6.61 Å². The number of hydrogen-bond donors (Lipinski definition) is 0. The molecular formula is C28H37N3O3. The minimum Gasteiger partial charge on any atom is -0.461 e. The zero-order valence-electron chi connectivity index (χ0n) is 20.3. The molecule has 2 aliphatic heterocycles. The molecule has 0 N–H and O–H groups in total. The number of carbonyl (C=O) groups excluding carboxylic acids is 1. The van der Waals surface area contributed by atoms with Crippen LogP contribution in [0.4, 0.5) is 0 Å². The number of nitrogens with zero attached hydrogens (tertiary/aromatic N) is 3. The summed E-state index contributed by atoms with van der Waals surface area (Å²) in [5.41, 5.74) is 1.16. The Bertz CT molecular complexity index is 1100. The van der Waals surface area contributed by atoms with Gasteiger partial charge in [-0.1, -0.05) is 37.8 Å². The van der Waals surface area contributed by atoms with E-state index in [2.05, 4.69) is 9.88 Å². The van der Waals surface area contributed by atoms with Crippen LogP contribution in [0, 0.1) is 11.8 Å². The molecule has 6 nitrogen and oxygen atoms in total. The normalized spacial score (nSPS) is 33.6. The van der Waals surface area contributed by atoms with E-state index in [9.17, 15) is 9.59 Å². The lowest BCUT2D eigenvalue weighted by Gasteiger charge is -2.55. The number of esters is 1. The fourth-order valence-electron chi connectivity index (χ4n) is 7.98. The smallest absolute Gasteiger partial charge is 0.362 e. The van der Waals surface area contributed by atoms with Gasteiger partial charge in [-0.3, -0.25) is 9.69 Å². The molecule has 2 aromatic rings. The molecule has 182 valence electrons. The van der Waals surface area contributed by atoms with Crippen molar-refractivity contribution in [1.82, 2.24) is 14.5 Å². The Morgan fingerprint density at radius 3 is 2.29 bits per heavy atom. The largest absolute Gasteiger partial charge is 0.461 e. The van der Waals surface area contributed by atoms with Crippen LogP contribution in [0.1, 0.15) is 94.1 Å². The van der Waals surface area contributed by atoms with Gasteiger partial charge in [0.05, 0.1) is 17.6 Å². The van der Waals surface area contributed by atoms with Gasteiger partial charge in [-0.2, -0.15) is 0 Å². The first-order chi connectivity index (χ1) is 16.6. The van der Waals surface area contributed by atoms with Crippen LogP contribution in [-0.4, -0.2) is 45.2 Å². The van der Waals surface area contributed by atoms with E-state index < -0.39 is 5.97 Å². The Hall–Kier alpha value is -2.21. The van der Waals surface area contributed by atoms with Crippen molar-refractivity contribution in [2.45, 2.75) is 102 Å². The number of carbonyl (C=O) groups is 1. The molecule has 0 unspecified atom stereocenters. The number of aromatic nitrogens is 2. The third-order valence-corrected chi connectivity index (χ3v) is 9.16. The second kappa shape index (κ2) is 9.10. The Labute approximate surface area is 201 Å². The molecule has 2 saturated carbocycles. The van der Waals surface area contributed by atoms with Gasteiger partial charge in [0.1, 0.15) is 0 Å². The average molecular weight is 464 g/mol. The number of para-hydroxylation sites is 2. The Morgan fingerprint density at radius 1 is 0.912 bits per heavy atom. The molecule has 6 heteroatoms. The average Bonchev–Trinajstić information content (AvgIpc) is 2.82. The zero-order chi connectivity index (χ0) is 23.2. The third-order valence-electron chi connectivity index (χ3n) is 9.16. The highest BCUT2D eigenvalue weighted by atomic mass is 16.5. The van der Waals surface area contributed by atoms with Crippen LogP contribution >= 0.6 is 0 Å². The van der Waals surface area contributed by atoms with E-state index in [4.69, 9.17) is 4.74 Å². The molecule has 4 fully saturated rings. The lowest BCUT2D eigenvalue weighted by molar-refractivity contribution is -0.0486. The molecule has 2 aliphatic carbocycles. The molecule has 34 heavy (non-hydrogen) atoms. The van der Waals surface area contributed by atoms with E-state index in [-0.39, 0.29) is 23.9 Å². The number of rotatable bonds is 4. The summed E-state index contributed by atoms with van der Waals surface area (Å²) in [6.07, 6.45) is 14.2. The number of fused-ring (bicyclic) bond motifs is 5. The van der Waals surface area contributed by atoms with Gasteiger partial charge in [-0.05, 0) is 75.8 Å². The standard InChI is InChI=1S/C28H37N3O3/c1-2-34-28(33)26-27(32)31(25-12-4-3-11-24(25)29-26)23-16-20-9-6-10-21(17-23)30(20)22-14-18-7-5-8-19(13-18)15-22/h3-4,11-12,18-23H,2,5-10,13-17H2,1H3/t18-,19+,20-,21+,22-,23+. The molecule has 4 bridgehead atoms. The topological polar surface area (TPSA) is 64.4 Å². The van der Waals surface area contributed by atoms with Gasteiger partial charge in [0.15, 0.2) is 0 Å². The fraction of sp³-hybridized carbons (Fsp3) is 0.679. The maximum atomic E-state index is 13.6. The lowest BCUT2D eigenvalue weighted by Crippen LogP contribution is -2.58. The maximum Gasteiger partial charge on any atom is 0.362 e. The summed E-state index contributed by atoms with van der Waals surface area (Å²) < 4.78 is 7.08. The molecule has 2 saturated heterocycles. The van der Waals surface area contributed by atoms with Crippen molar-refractivity contribution >= 4 is 17.0 Å². The molecule has 6 atom stereocenters. The lowest BCUT2D eigenvalue weighted by atomic mass is 9.68. The highest BCUT2D eigenvalue weighted by molar-refractivity contribution is 5.89. The Morgan fingerprint density at radius 2 is 1.59 bits per heavy atom. The molecule has 0 spiro atoms. The van der Waals surface area contributed by atoms with Crippen molar-refractivity contribution in [1.29, 1.82) is 0 Å². The van der Waals surface area contributed by atoms with Gasteiger partial charge < -0.3 is 9.30 Å². The first-order valence-corrected chi connectivity index (χ1v) is 13.6. The predicted molar refractivity (Wildman–Crippen MR) is 132 cm³/mol.